The van der Waals surface area contributed by atoms with E-state index < -0.39 is 46.8 Å². The third-order valence-corrected chi connectivity index (χ3v) is 9.37. The Bertz CT molecular complexity index is 3120. The van der Waals surface area contributed by atoms with Gasteiger partial charge in [-0.25, -0.2) is 18.6 Å². The average molecular weight is 1710 g/mol. The Balaban J connectivity index is 0.000000316. The molecule has 4 radical (unpaired) electrons. The maximum Gasteiger partial charge on any atom is 0.354 e. The molecule has 0 atom stereocenters. The van der Waals surface area contributed by atoms with Crippen LogP contribution in [0.4, 0.5) is 49.1 Å². The van der Waals surface area contributed by atoms with Crippen molar-refractivity contribution in [1.29, 1.82) is 0 Å². The van der Waals surface area contributed by atoms with Gasteiger partial charge in [0.25, 0.3) is 0 Å². The Morgan fingerprint density at radius 1 is 0.622 bits per heavy atom. The summed E-state index contributed by atoms with van der Waals surface area (Å²) in [5, 5.41) is 8.32. The van der Waals surface area contributed by atoms with E-state index in [1.165, 1.54) is 36.0 Å². The van der Waals surface area contributed by atoms with Crippen molar-refractivity contribution in [1.82, 2.24) is 24.9 Å². The number of fused-ring (bicyclic) bond motifs is 1. The number of carboxylic acids is 1. The number of anilines is 3. The molecule has 4 aromatic carbocycles. The minimum absolute atomic E-state index is 0. The van der Waals surface area contributed by atoms with Gasteiger partial charge in [-0.05, 0) is 73.5 Å². The van der Waals surface area contributed by atoms with E-state index in [2.05, 4.69) is 108 Å². The third kappa shape index (κ3) is 17.8. The largest absolute Gasteiger partial charge is 0.504 e. The van der Waals surface area contributed by atoms with Crippen molar-refractivity contribution in [3.05, 3.63) is 253 Å². The van der Waals surface area contributed by atoms with E-state index in [-0.39, 0.29) is 103 Å². The van der Waals surface area contributed by atoms with Crippen molar-refractivity contribution < 1.29 is 117 Å². The molecule has 386 valence electrons. The molecule has 10 nitrogen and oxygen atoms in total. The van der Waals surface area contributed by atoms with Gasteiger partial charge in [-0.2, -0.15) is 37.0 Å². The summed E-state index contributed by atoms with van der Waals surface area (Å²) < 4.78 is 78.3. The summed E-state index contributed by atoms with van der Waals surface area (Å²) in [4.78, 5) is 35.7. The minimum Gasteiger partial charge on any atom is -0.504 e. The second-order valence-corrected chi connectivity index (χ2v) is 14.2. The van der Waals surface area contributed by atoms with Crippen molar-refractivity contribution in [2.45, 2.75) is 6.92 Å². The molecule has 5 aromatic heterocycles. The van der Waals surface area contributed by atoms with Gasteiger partial charge in [0.05, 0.1) is 6.57 Å². The van der Waals surface area contributed by atoms with Crippen LogP contribution in [0, 0.1) is 79.6 Å². The van der Waals surface area contributed by atoms with E-state index in [4.69, 9.17) is 11.7 Å². The van der Waals surface area contributed by atoms with Crippen LogP contribution in [0.2, 0.25) is 0 Å². The Morgan fingerprint density at radius 2 is 1.20 bits per heavy atom. The first-order valence-electron chi connectivity index (χ1n) is 20.5. The standard InChI is InChI=1S/C14H12N2.C13H7F2N2.C11H6F2N.C10H5F2N2.C6H5NO2.4Ir/c1-15-11-16(12-7-3-2-4-8-12)14-10-6-5-9-13(14)15;1-8-5-6-17-11(7-8)9-3-4-10(14)13(16-2)12(9)15;12-8-4-5-9(10(13)7-8)11-3-1-2-6-14-11;11-9-5-4-7(10(12)14-9)8-3-1-2-6-13-8;8-6(9)5-3-1-2-4-7-5;;;;/h2-7,9-11H,1H3;4-7H,1H3;1-4,6-7H;1-3,5-6H;1-4H,(H,8,9);;;;/q-2;3*-1;;;;;. The first-order chi connectivity index (χ1) is 33.8. The van der Waals surface area contributed by atoms with E-state index in [1.807, 2.05) is 25.1 Å². The maximum atomic E-state index is 13.8. The monoisotopic (exact) mass is 1710 g/mol. The molecule has 1 N–H and O–H groups in total. The number of halogens is 6. The number of aromatic nitrogens is 5. The number of carbonyl (C=O) groups is 1. The van der Waals surface area contributed by atoms with Gasteiger partial charge in [-0.15, -0.1) is 41.6 Å². The van der Waals surface area contributed by atoms with Crippen molar-refractivity contribution in [3.8, 4) is 33.8 Å². The molecule has 0 amide bonds. The van der Waals surface area contributed by atoms with Gasteiger partial charge in [0.15, 0.2) is 5.69 Å². The van der Waals surface area contributed by atoms with E-state index in [9.17, 15) is 31.1 Å². The Morgan fingerprint density at radius 3 is 1.74 bits per heavy atom. The van der Waals surface area contributed by atoms with Crippen LogP contribution in [0.5, 0.6) is 0 Å². The molecule has 0 fully saturated rings. The van der Waals surface area contributed by atoms with Crippen molar-refractivity contribution in [2.24, 2.45) is 0 Å². The van der Waals surface area contributed by atoms with Crippen LogP contribution in [0.15, 0.2) is 164 Å². The fourth-order valence-electron chi connectivity index (χ4n) is 6.15. The van der Waals surface area contributed by atoms with Gasteiger partial charge < -0.3 is 29.9 Å². The summed E-state index contributed by atoms with van der Waals surface area (Å²) in [7, 11) is 2.06. The number of nitrogens with zero attached hydrogens (tertiary/aromatic N) is 8. The summed E-state index contributed by atoms with van der Waals surface area (Å²) in [5.41, 5.74) is 5.30. The van der Waals surface area contributed by atoms with Gasteiger partial charge in [0.2, 0.25) is 0 Å². The fraction of sp³-hybridized carbons (Fsp3) is 0.0370. The number of rotatable bonds is 5. The molecular formula is C54H35F6Ir4N8O2-5. The van der Waals surface area contributed by atoms with E-state index in [0.29, 0.717) is 17.1 Å². The van der Waals surface area contributed by atoms with Crippen molar-refractivity contribution in [2.75, 3.05) is 16.8 Å². The number of aromatic carboxylic acids is 1. The predicted molar refractivity (Wildman–Crippen MR) is 252 cm³/mol. The summed E-state index contributed by atoms with van der Waals surface area (Å²) >= 11 is 0. The predicted octanol–water partition coefficient (Wildman–Crippen LogP) is 12.7. The SMILES string of the molecule is CN1[CH-]N(c2[c-]cccc2)c2ccccc21.Fc1c[c-]c(-c2ccccn2)c(F)c1.Fc1c[c-]c(-c2ccccn2)c(F)n1.O=C(O)c1ccccn1.[C-]#[N+]c1c(F)c[c-]c(-c2cc(C)ccn2)c1F.[Ir].[Ir].[Ir].[Ir]. The van der Waals surface area contributed by atoms with E-state index in [1.54, 1.807) is 66.9 Å². The molecule has 6 heterocycles. The van der Waals surface area contributed by atoms with Gasteiger partial charge in [0, 0.05) is 140 Å². The molecule has 0 saturated carbocycles. The smallest absolute Gasteiger partial charge is 0.354 e. The van der Waals surface area contributed by atoms with Crippen LogP contribution in [-0.2, 0) is 80.4 Å². The molecule has 20 heteroatoms. The zero-order chi connectivity index (χ0) is 50.0. The fourth-order valence-corrected chi connectivity index (χ4v) is 6.15. The topological polar surface area (TPSA) is 113 Å². The maximum absolute atomic E-state index is 13.8. The summed E-state index contributed by atoms with van der Waals surface area (Å²) in [6, 6.07) is 49.2. The van der Waals surface area contributed by atoms with E-state index >= 15 is 0 Å². The zero-order valence-corrected chi connectivity index (χ0v) is 47.8. The molecule has 0 unspecified atom stereocenters. The van der Waals surface area contributed by atoms with Crippen LogP contribution >= 0.6 is 0 Å². The third-order valence-electron chi connectivity index (χ3n) is 9.37. The molecular weight excluding hydrogens is 1680 g/mol. The number of carboxylic acid groups (broad SMARTS) is 1. The Kier molecular flexibility index (Phi) is 27.3. The van der Waals surface area contributed by atoms with Crippen molar-refractivity contribution in [3.63, 3.8) is 0 Å². The zero-order valence-electron chi connectivity index (χ0n) is 38.2. The summed E-state index contributed by atoms with van der Waals surface area (Å²) in [6.45, 7) is 10.7. The average Bonchev–Trinajstić information content (AvgIpc) is 3.72. The minimum atomic E-state index is -0.990. The molecule has 9 aromatic rings. The van der Waals surface area contributed by atoms with Gasteiger partial charge >= 0.3 is 5.97 Å². The molecule has 0 spiro atoms. The van der Waals surface area contributed by atoms with Gasteiger partial charge in [-0.3, -0.25) is 27.4 Å². The number of aryl methyl sites for hydroxylation is 1. The molecule has 0 aliphatic carbocycles. The number of benzene rings is 4. The normalized spacial score (nSPS) is 10.3. The molecule has 74 heavy (non-hydrogen) atoms. The second kappa shape index (κ2) is 31.8. The van der Waals surface area contributed by atoms with Gasteiger partial charge in [0.1, 0.15) is 17.6 Å². The van der Waals surface area contributed by atoms with Crippen molar-refractivity contribution >= 4 is 28.7 Å². The molecule has 1 aliphatic heterocycles. The second-order valence-electron chi connectivity index (χ2n) is 14.2. The van der Waals surface area contributed by atoms with Crippen LogP contribution in [0.1, 0.15) is 16.1 Å². The Hall–Kier alpha value is -6.63. The first-order valence-corrected chi connectivity index (χ1v) is 20.5. The molecule has 0 saturated heterocycles. The molecule has 1 aliphatic rings. The van der Waals surface area contributed by atoms with Gasteiger partial charge in [-0.1, -0.05) is 77.4 Å². The summed E-state index contributed by atoms with van der Waals surface area (Å²) in [6.07, 6.45) is 6.04. The number of hydrogen-bond donors (Lipinski definition) is 1. The van der Waals surface area contributed by atoms with Crippen LogP contribution in [-0.4, -0.2) is 43.0 Å². The van der Waals surface area contributed by atoms with E-state index in [0.717, 1.165) is 35.5 Å². The first kappa shape index (κ1) is 63.5. The number of hydrogen-bond acceptors (Lipinski definition) is 8. The van der Waals surface area contributed by atoms with Crippen LogP contribution in [0.3, 0.4) is 0 Å². The van der Waals surface area contributed by atoms with Crippen LogP contribution < -0.4 is 9.80 Å². The van der Waals surface area contributed by atoms with Crippen LogP contribution in [0.25, 0.3) is 38.6 Å². The Labute approximate surface area is 477 Å². The number of para-hydroxylation sites is 3. The quantitative estimate of drug-likeness (QED) is 0.102. The summed E-state index contributed by atoms with van der Waals surface area (Å²) in [5.74, 6) is -5.89. The molecule has 0 bridgehead atoms. The molecule has 10 rings (SSSR count). The number of pyridine rings is 5.